The van der Waals surface area contributed by atoms with Gasteiger partial charge in [-0.15, -0.1) is 10.2 Å². The summed E-state index contributed by atoms with van der Waals surface area (Å²) in [5.41, 5.74) is 2.40. The van der Waals surface area contributed by atoms with Crippen LogP contribution in [0.15, 0.2) is 22.7 Å². The van der Waals surface area contributed by atoms with E-state index in [0.717, 1.165) is 40.4 Å². The molecule has 0 fully saturated rings. The lowest BCUT2D eigenvalue weighted by molar-refractivity contribution is 0.637. The van der Waals surface area contributed by atoms with E-state index in [0.29, 0.717) is 0 Å². The maximum atomic E-state index is 4.33. The Bertz CT molecular complexity index is 554. The van der Waals surface area contributed by atoms with Gasteiger partial charge in [-0.25, -0.2) is 0 Å². The first-order valence-electron chi connectivity index (χ1n) is 7.01. The predicted molar refractivity (Wildman–Crippen MR) is 89.3 cm³/mol. The third kappa shape index (κ3) is 4.11. The maximum absolute atomic E-state index is 4.33. The van der Waals surface area contributed by atoms with E-state index < -0.39 is 0 Å². The van der Waals surface area contributed by atoms with Gasteiger partial charge in [0.1, 0.15) is 10.0 Å². The van der Waals surface area contributed by atoms with Crippen molar-refractivity contribution in [1.82, 2.24) is 15.5 Å². The van der Waals surface area contributed by atoms with Crippen molar-refractivity contribution < 1.29 is 0 Å². The summed E-state index contributed by atoms with van der Waals surface area (Å²) >= 11 is 5.27. The molecule has 0 unspecified atom stereocenters. The molecule has 0 aliphatic carbocycles. The number of hydrogen-bond donors (Lipinski definition) is 1. The fourth-order valence-corrected chi connectivity index (χ4v) is 3.30. The molecule has 20 heavy (non-hydrogen) atoms. The quantitative estimate of drug-likeness (QED) is 0.757. The Morgan fingerprint density at radius 1 is 1.25 bits per heavy atom. The second kappa shape index (κ2) is 7.86. The Morgan fingerprint density at radius 3 is 2.90 bits per heavy atom. The van der Waals surface area contributed by atoms with Crippen LogP contribution in [-0.2, 0) is 6.42 Å². The molecule has 0 saturated heterocycles. The molecule has 1 heterocycles. The molecule has 0 spiro atoms. The van der Waals surface area contributed by atoms with Gasteiger partial charge in [0.25, 0.3) is 0 Å². The standard InChI is InChI=1S/C15H20BrN3S/c1-3-9-17-10-5-8-14-18-19-15(20-14)12-6-4-7-13(16)11(12)2/h4,6-7,17H,3,5,8-10H2,1-2H3. The molecule has 0 bridgehead atoms. The largest absolute Gasteiger partial charge is 0.317 e. The monoisotopic (exact) mass is 353 g/mol. The SMILES string of the molecule is CCCNCCCc1nnc(-c2cccc(Br)c2C)s1. The van der Waals surface area contributed by atoms with Crippen LogP contribution in [0.5, 0.6) is 0 Å². The van der Waals surface area contributed by atoms with Crippen LogP contribution in [0.3, 0.4) is 0 Å². The minimum atomic E-state index is 1.00. The highest BCUT2D eigenvalue weighted by Gasteiger charge is 2.10. The van der Waals surface area contributed by atoms with E-state index in [4.69, 9.17) is 0 Å². The first-order chi connectivity index (χ1) is 9.72. The van der Waals surface area contributed by atoms with Crippen molar-refractivity contribution in [1.29, 1.82) is 0 Å². The third-order valence-corrected chi connectivity index (χ3v) is 5.01. The zero-order valence-corrected chi connectivity index (χ0v) is 14.4. The molecule has 1 aromatic heterocycles. The Labute approximate surface area is 133 Å². The highest BCUT2D eigenvalue weighted by Crippen LogP contribution is 2.30. The van der Waals surface area contributed by atoms with E-state index in [-0.39, 0.29) is 0 Å². The van der Waals surface area contributed by atoms with Gasteiger partial charge in [0.05, 0.1) is 0 Å². The van der Waals surface area contributed by atoms with Crippen molar-refractivity contribution in [3.05, 3.63) is 33.2 Å². The average Bonchev–Trinajstić information content (AvgIpc) is 2.90. The number of nitrogens with zero attached hydrogens (tertiary/aromatic N) is 2. The second-order valence-electron chi connectivity index (χ2n) is 4.77. The van der Waals surface area contributed by atoms with Crippen molar-refractivity contribution in [3.8, 4) is 10.6 Å². The average molecular weight is 354 g/mol. The van der Waals surface area contributed by atoms with E-state index in [9.17, 15) is 0 Å². The smallest absolute Gasteiger partial charge is 0.148 e. The first-order valence-corrected chi connectivity index (χ1v) is 8.62. The highest BCUT2D eigenvalue weighted by atomic mass is 79.9. The fourth-order valence-electron chi connectivity index (χ4n) is 1.97. The van der Waals surface area contributed by atoms with E-state index in [2.05, 4.69) is 57.4 Å². The molecule has 108 valence electrons. The molecule has 0 aliphatic rings. The Morgan fingerprint density at radius 2 is 2.10 bits per heavy atom. The van der Waals surface area contributed by atoms with Gasteiger partial charge in [-0.2, -0.15) is 0 Å². The number of halogens is 1. The molecule has 1 aromatic carbocycles. The molecular weight excluding hydrogens is 334 g/mol. The lowest BCUT2D eigenvalue weighted by atomic mass is 10.1. The van der Waals surface area contributed by atoms with E-state index >= 15 is 0 Å². The van der Waals surface area contributed by atoms with Gasteiger partial charge in [0, 0.05) is 16.5 Å². The zero-order valence-electron chi connectivity index (χ0n) is 11.9. The predicted octanol–water partition coefficient (Wildman–Crippen LogP) is 4.21. The minimum absolute atomic E-state index is 1.00. The highest BCUT2D eigenvalue weighted by molar-refractivity contribution is 9.10. The summed E-state index contributed by atoms with van der Waals surface area (Å²) in [6.07, 6.45) is 3.30. The fraction of sp³-hybridized carbons (Fsp3) is 0.467. The van der Waals surface area contributed by atoms with Gasteiger partial charge in [-0.05, 0) is 44.5 Å². The van der Waals surface area contributed by atoms with Gasteiger partial charge in [0.15, 0.2) is 0 Å². The van der Waals surface area contributed by atoms with Crippen LogP contribution >= 0.6 is 27.3 Å². The van der Waals surface area contributed by atoms with E-state index in [1.807, 2.05) is 6.07 Å². The normalized spacial score (nSPS) is 10.9. The number of benzene rings is 1. The molecule has 0 aliphatic heterocycles. The Hall–Kier alpha value is -0.780. The van der Waals surface area contributed by atoms with E-state index in [1.165, 1.54) is 17.5 Å². The minimum Gasteiger partial charge on any atom is -0.317 e. The lowest BCUT2D eigenvalue weighted by Gasteiger charge is -2.03. The lowest BCUT2D eigenvalue weighted by Crippen LogP contribution is -2.16. The summed E-state index contributed by atoms with van der Waals surface area (Å²) in [4.78, 5) is 0. The van der Waals surface area contributed by atoms with Gasteiger partial charge < -0.3 is 5.32 Å². The topological polar surface area (TPSA) is 37.8 Å². The van der Waals surface area contributed by atoms with Crippen molar-refractivity contribution in [2.75, 3.05) is 13.1 Å². The Kier molecular flexibility index (Phi) is 6.13. The number of hydrogen-bond acceptors (Lipinski definition) is 4. The first kappa shape index (κ1) is 15.6. The summed E-state index contributed by atoms with van der Waals surface area (Å²) in [5, 5.41) is 14.2. The molecule has 1 N–H and O–H groups in total. The van der Waals surface area contributed by atoms with Crippen LogP contribution in [0.1, 0.15) is 30.3 Å². The molecule has 0 saturated carbocycles. The number of aryl methyl sites for hydroxylation is 1. The summed E-state index contributed by atoms with van der Waals surface area (Å²) in [7, 11) is 0. The van der Waals surface area contributed by atoms with Gasteiger partial charge in [-0.1, -0.05) is 46.3 Å². The van der Waals surface area contributed by atoms with E-state index in [1.54, 1.807) is 11.3 Å². The number of aromatic nitrogens is 2. The van der Waals surface area contributed by atoms with Crippen molar-refractivity contribution in [2.24, 2.45) is 0 Å². The van der Waals surface area contributed by atoms with Crippen LogP contribution in [-0.4, -0.2) is 23.3 Å². The summed E-state index contributed by atoms with van der Waals surface area (Å²) in [5.74, 6) is 0. The molecule has 0 atom stereocenters. The third-order valence-electron chi connectivity index (χ3n) is 3.14. The second-order valence-corrected chi connectivity index (χ2v) is 6.68. The molecular formula is C15H20BrN3S. The van der Waals surface area contributed by atoms with Crippen molar-refractivity contribution in [3.63, 3.8) is 0 Å². The van der Waals surface area contributed by atoms with Gasteiger partial charge >= 0.3 is 0 Å². The van der Waals surface area contributed by atoms with Crippen molar-refractivity contribution in [2.45, 2.75) is 33.1 Å². The van der Waals surface area contributed by atoms with Crippen LogP contribution in [0.4, 0.5) is 0 Å². The van der Waals surface area contributed by atoms with Crippen molar-refractivity contribution >= 4 is 27.3 Å². The molecule has 2 rings (SSSR count). The number of rotatable bonds is 7. The summed E-state index contributed by atoms with van der Waals surface area (Å²) < 4.78 is 1.12. The molecule has 0 amide bonds. The zero-order chi connectivity index (χ0) is 14.4. The van der Waals surface area contributed by atoms with Crippen LogP contribution in [0, 0.1) is 6.92 Å². The molecule has 0 radical (unpaired) electrons. The van der Waals surface area contributed by atoms with Gasteiger partial charge in [-0.3, -0.25) is 0 Å². The van der Waals surface area contributed by atoms with Crippen LogP contribution in [0.2, 0.25) is 0 Å². The summed E-state index contributed by atoms with van der Waals surface area (Å²) in [6, 6.07) is 6.20. The molecule has 5 heteroatoms. The maximum Gasteiger partial charge on any atom is 0.148 e. The molecule has 3 nitrogen and oxygen atoms in total. The number of nitrogens with one attached hydrogen (secondary N) is 1. The van der Waals surface area contributed by atoms with Crippen LogP contribution < -0.4 is 5.32 Å². The Balaban J connectivity index is 1.97. The summed E-state index contributed by atoms with van der Waals surface area (Å²) in [6.45, 7) is 6.44. The van der Waals surface area contributed by atoms with Crippen LogP contribution in [0.25, 0.3) is 10.6 Å². The van der Waals surface area contributed by atoms with Gasteiger partial charge in [0.2, 0.25) is 0 Å². The molecule has 2 aromatic rings.